The van der Waals surface area contributed by atoms with Crippen LogP contribution in [0.1, 0.15) is 6.92 Å². The van der Waals surface area contributed by atoms with E-state index in [2.05, 4.69) is 0 Å². The number of aliphatic hydroxyl groups is 1. The van der Waals surface area contributed by atoms with Gasteiger partial charge in [0.25, 0.3) is 0 Å². The zero-order valence-electron chi connectivity index (χ0n) is 9.59. The minimum atomic E-state index is -3.74. The van der Waals surface area contributed by atoms with Crippen molar-refractivity contribution in [2.24, 2.45) is 0 Å². The number of aliphatic hydroxyl groups excluding tert-OH is 1. The van der Waals surface area contributed by atoms with Crippen molar-refractivity contribution >= 4 is 27.3 Å². The lowest BCUT2D eigenvalue weighted by atomic mass is 10.3. The fourth-order valence-electron chi connectivity index (χ4n) is 1.22. The monoisotopic (exact) mass is 278 g/mol. The van der Waals surface area contributed by atoms with Crippen molar-refractivity contribution < 1.29 is 13.5 Å². The first-order chi connectivity index (χ1) is 7.80. The van der Waals surface area contributed by atoms with Gasteiger partial charge in [0, 0.05) is 18.8 Å². The molecule has 1 rings (SSSR count). The molecule has 1 atom stereocenters. The zero-order chi connectivity index (χ0) is 13.2. The molecule has 0 aromatic heterocycles. The maximum Gasteiger partial charge on any atom is 0.244 e. The van der Waals surface area contributed by atoms with Crippen molar-refractivity contribution in [1.82, 2.24) is 4.31 Å². The third kappa shape index (κ3) is 2.90. The second-order valence-corrected chi connectivity index (χ2v) is 6.12. The van der Waals surface area contributed by atoms with E-state index in [4.69, 9.17) is 22.4 Å². The first kappa shape index (κ1) is 14.2. The summed E-state index contributed by atoms with van der Waals surface area (Å²) >= 11 is 5.85. The molecule has 7 heteroatoms. The number of hydrogen-bond acceptors (Lipinski definition) is 4. The number of likely N-dealkylation sites (N-methyl/N-ethyl adjacent to an activating group) is 1. The van der Waals surface area contributed by atoms with Gasteiger partial charge in [0.15, 0.2) is 0 Å². The van der Waals surface area contributed by atoms with E-state index in [0.29, 0.717) is 5.69 Å². The highest BCUT2D eigenvalue weighted by Gasteiger charge is 2.27. The molecule has 0 aliphatic rings. The van der Waals surface area contributed by atoms with Gasteiger partial charge in [-0.1, -0.05) is 11.6 Å². The summed E-state index contributed by atoms with van der Waals surface area (Å²) in [6.07, 6.45) is 0. The van der Waals surface area contributed by atoms with Crippen molar-refractivity contribution in [3.05, 3.63) is 23.2 Å². The van der Waals surface area contributed by atoms with E-state index < -0.39 is 16.1 Å². The molecule has 3 N–H and O–H groups in total. The normalized spacial score (nSPS) is 13.9. The molecule has 5 nitrogen and oxygen atoms in total. The number of anilines is 1. The molecule has 0 saturated carbocycles. The van der Waals surface area contributed by atoms with E-state index in [-0.39, 0.29) is 16.5 Å². The molecular formula is C10H15ClN2O3S. The van der Waals surface area contributed by atoms with Crippen LogP contribution in [0, 0.1) is 0 Å². The maximum atomic E-state index is 12.2. The largest absolute Gasteiger partial charge is 0.399 e. The molecule has 0 radical (unpaired) electrons. The van der Waals surface area contributed by atoms with E-state index in [0.717, 1.165) is 4.31 Å². The summed E-state index contributed by atoms with van der Waals surface area (Å²) in [6, 6.07) is 3.73. The molecule has 17 heavy (non-hydrogen) atoms. The lowest BCUT2D eigenvalue weighted by Gasteiger charge is -2.23. The van der Waals surface area contributed by atoms with Crippen LogP contribution in [0.15, 0.2) is 23.1 Å². The molecule has 0 fully saturated rings. The average molecular weight is 279 g/mol. The predicted octanol–water partition coefficient (Wildman–Crippen LogP) is 0.924. The molecule has 0 aliphatic carbocycles. The Bertz CT molecular complexity index is 504. The van der Waals surface area contributed by atoms with Gasteiger partial charge in [-0.3, -0.25) is 0 Å². The molecule has 0 saturated heterocycles. The fraction of sp³-hybridized carbons (Fsp3) is 0.400. The zero-order valence-corrected chi connectivity index (χ0v) is 11.2. The van der Waals surface area contributed by atoms with Gasteiger partial charge in [-0.15, -0.1) is 0 Å². The van der Waals surface area contributed by atoms with Gasteiger partial charge in [-0.25, -0.2) is 8.42 Å². The summed E-state index contributed by atoms with van der Waals surface area (Å²) in [5.41, 5.74) is 5.86. The summed E-state index contributed by atoms with van der Waals surface area (Å²) < 4.78 is 25.4. The lowest BCUT2D eigenvalue weighted by molar-refractivity contribution is 0.214. The third-order valence-electron chi connectivity index (χ3n) is 2.50. The van der Waals surface area contributed by atoms with Gasteiger partial charge in [0.1, 0.15) is 4.90 Å². The molecule has 96 valence electrons. The van der Waals surface area contributed by atoms with Crippen LogP contribution in [0.5, 0.6) is 0 Å². The summed E-state index contributed by atoms with van der Waals surface area (Å²) in [4.78, 5) is -0.0537. The van der Waals surface area contributed by atoms with Gasteiger partial charge in [-0.05, 0) is 25.1 Å². The Kier molecular flexibility index (Phi) is 4.37. The Morgan fingerprint density at radius 3 is 2.65 bits per heavy atom. The van der Waals surface area contributed by atoms with E-state index in [1.54, 1.807) is 6.92 Å². The molecule has 1 aromatic rings. The van der Waals surface area contributed by atoms with Crippen LogP contribution < -0.4 is 5.73 Å². The van der Waals surface area contributed by atoms with Crippen molar-refractivity contribution in [2.45, 2.75) is 17.9 Å². The first-order valence-corrected chi connectivity index (χ1v) is 6.76. The summed E-state index contributed by atoms with van der Waals surface area (Å²) in [5, 5.41) is 9.08. The highest BCUT2D eigenvalue weighted by atomic mass is 35.5. The molecule has 0 heterocycles. The Hall–Kier alpha value is -0.820. The number of nitrogens with zero attached hydrogens (tertiary/aromatic N) is 1. The van der Waals surface area contributed by atoms with Gasteiger partial charge >= 0.3 is 0 Å². The molecule has 0 bridgehead atoms. The molecule has 0 amide bonds. The Morgan fingerprint density at radius 2 is 2.12 bits per heavy atom. The van der Waals surface area contributed by atoms with Crippen molar-refractivity contribution in [3.63, 3.8) is 0 Å². The fourth-order valence-corrected chi connectivity index (χ4v) is 3.08. The van der Waals surface area contributed by atoms with Gasteiger partial charge in [-0.2, -0.15) is 4.31 Å². The third-order valence-corrected chi connectivity index (χ3v) is 4.95. The van der Waals surface area contributed by atoms with E-state index in [1.807, 2.05) is 0 Å². The molecule has 1 aromatic carbocycles. The minimum absolute atomic E-state index is 0.0537. The van der Waals surface area contributed by atoms with Crippen LogP contribution in [0.3, 0.4) is 0 Å². The number of halogens is 1. The number of nitrogen functional groups attached to an aromatic ring is 1. The molecule has 1 unspecified atom stereocenters. The minimum Gasteiger partial charge on any atom is -0.399 e. The quantitative estimate of drug-likeness (QED) is 0.803. The average Bonchev–Trinajstić information content (AvgIpc) is 2.30. The predicted molar refractivity (Wildman–Crippen MR) is 67.4 cm³/mol. The number of benzene rings is 1. The molecule has 0 aliphatic heterocycles. The van der Waals surface area contributed by atoms with Crippen LogP contribution >= 0.6 is 11.6 Å². The Labute approximate surface area is 106 Å². The summed E-state index contributed by atoms with van der Waals surface area (Å²) in [6.45, 7) is 1.33. The number of sulfonamides is 1. The number of nitrogens with two attached hydrogens (primary N) is 1. The number of hydrogen-bond donors (Lipinski definition) is 2. The summed E-state index contributed by atoms with van der Waals surface area (Å²) in [5.74, 6) is 0. The maximum absolute atomic E-state index is 12.2. The SMILES string of the molecule is CC(CO)N(C)S(=O)(=O)c1cc(N)ccc1Cl. The highest BCUT2D eigenvalue weighted by Crippen LogP contribution is 2.26. The van der Waals surface area contributed by atoms with Crippen LogP contribution in [0.4, 0.5) is 5.69 Å². The molecule has 0 spiro atoms. The van der Waals surface area contributed by atoms with Crippen molar-refractivity contribution in [1.29, 1.82) is 0 Å². The van der Waals surface area contributed by atoms with Crippen LogP contribution in [-0.2, 0) is 10.0 Å². The second kappa shape index (κ2) is 5.22. The standard InChI is InChI=1S/C10H15ClN2O3S/c1-7(6-14)13(2)17(15,16)10-5-8(12)3-4-9(10)11/h3-5,7,14H,6,12H2,1-2H3. The van der Waals surface area contributed by atoms with Crippen molar-refractivity contribution in [3.8, 4) is 0 Å². The second-order valence-electron chi connectivity index (χ2n) is 3.74. The Morgan fingerprint density at radius 1 is 1.53 bits per heavy atom. The van der Waals surface area contributed by atoms with Crippen LogP contribution in [0.25, 0.3) is 0 Å². The highest BCUT2D eigenvalue weighted by molar-refractivity contribution is 7.89. The van der Waals surface area contributed by atoms with Crippen LogP contribution in [0.2, 0.25) is 5.02 Å². The number of rotatable bonds is 4. The smallest absolute Gasteiger partial charge is 0.244 e. The van der Waals surface area contributed by atoms with Crippen LogP contribution in [-0.4, -0.2) is 37.5 Å². The topological polar surface area (TPSA) is 83.6 Å². The Balaban J connectivity index is 3.26. The van der Waals surface area contributed by atoms with Crippen molar-refractivity contribution in [2.75, 3.05) is 19.4 Å². The van der Waals surface area contributed by atoms with E-state index in [9.17, 15) is 8.42 Å². The lowest BCUT2D eigenvalue weighted by Crippen LogP contribution is -2.37. The van der Waals surface area contributed by atoms with E-state index in [1.165, 1.54) is 25.2 Å². The molecular weight excluding hydrogens is 264 g/mol. The van der Waals surface area contributed by atoms with Gasteiger partial charge < -0.3 is 10.8 Å². The van der Waals surface area contributed by atoms with Gasteiger partial charge in [0.05, 0.1) is 11.6 Å². The van der Waals surface area contributed by atoms with E-state index >= 15 is 0 Å². The first-order valence-electron chi connectivity index (χ1n) is 4.94. The van der Waals surface area contributed by atoms with Gasteiger partial charge in [0.2, 0.25) is 10.0 Å². The summed E-state index contributed by atoms with van der Waals surface area (Å²) in [7, 11) is -2.36.